The Balaban J connectivity index is 1.52. The number of fused-ring (bicyclic) bond motifs is 6. The molecular formula is C34H27N3O5. The highest BCUT2D eigenvalue weighted by molar-refractivity contribution is 6.16. The maximum Gasteiger partial charge on any atom is 0.238 e. The molecule has 4 atom stereocenters. The minimum absolute atomic E-state index is 0.304. The number of aromatic nitrogens is 1. The van der Waals surface area contributed by atoms with E-state index in [0.717, 1.165) is 11.1 Å². The lowest BCUT2D eigenvalue weighted by molar-refractivity contribution is -0.122. The summed E-state index contributed by atoms with van der Waals surface area (Å²) in [5.74, 6) is -1.14. The second kappa shape index (κ2) is 9.69. The molecule has 0 bridgehead atoms. The standard InChI is InChI=1S/C34H27N3O5/c1-41-26-14-13-21(18-27(26)42-2)31(39)29-28(30(38)22-9-7-16-35-19-22)34(24-11-5-6-12-25(24)36-33(34)40)32-23-10-4-3-8-20(23)15-17-37(29)32/h3-19,28-29,32H,1-2H3,(H,36,40)/t28-,29+,32-,34-/m1/s1. The lowest BCUT2D eigenvalue weighted by Crippen LogP contribution is -2.49. The van der Waals surface area contributed by atoms with Crippen LogP contribution >= 0.6 is 0 Å². The Morgan fingerprint density at radius 1 is 0.881 bits per heavy atom. The number of nitrogens with one attached hydrogen (secondary N) is 1. The average molecular weight is 558 g/mol. The number of methoxy groups -OCH3 is 2. The van der Waals surface area contributed by atoms with Crippen LogP contribution in [0.25, 0.3) is 6.08 Å². The third kappa shape index (κ3) is 3.48. The molecule has 3 aliphatic heterocycles. The molecule has 1 fully saturated rings. The first-order chi connectivity index (χ1) is 20.5. The van der Waals surface area contributed by atoms with E-state index in [-0.39, 0.29) is 17.5 Å². The molecule has 1 N–H and O–H groups in total. The van der Waals surface area contributed by atoms with Gasteiger partial charge in [-0.2, -0.15) is 0 Å². The molecule has 0 saturated carbocycles. The van der Waals surface area contributed by atoms with Gasteiger partial charge in [-0.1, -0.05) is 42.5 Å². The summed E-state index contributed by atoms with van der Waals surface area (Å²) >= 11 is 0. The number of nitrogens with zero attached hydrogens (tertiary/aromatic N) is 2. The van der Waals surface area contributed by atoms with Gasteiger partial charge < -0.3 is 19.7 Å². The molecule has 42 heavy (non-hydrogen) atoms. The van der Waals surface area contributed by atoms with Crippen LogP contribution in [0.2, 0.25) is 0 Å². The van der Waals surface area contributed by atoms with Gasteiger partial charge in [0.05, 0.1) is 26.2 Å². The summed E-state index contributed by atoms with van der Waals surface area (Å²) in [6, 6.07) is 22.0. The maximum atomic E-state index is 14.7. The summed E-state index contributed by atoms with van der Waals surface area (Å²) in [6.07, 6.45) is 6.87. The largest absolute Gasteiger partial charge is 0.493 e. The van der Waals surface area contributed by atoms with Crippen LogP contribution in [0.4, 0.5) is 5.69 Å². The van der Waals surface area contributed by atoms with E-state index in [0.29, 0.717) is 33.9 Å². The van der Waals surface area contributed by atoms with Gasteiger partial charge in [0.25, 0.3) is 0 Å². The van der Waals surface area contributed by atoms with Crippen molar-refractivity contribution in [2.45, 2.75) is 17.5 Å². The highest BCUT2D eigenvalue weighted by Gasteiger charge is 2.70. The summed E-state index contributed by atoms with van der Waals surface area (Å²) in [6.45, 7) is 0. The van der Waals surface area contributed by atoms with Gasteiger partial charge in [-0.05, 0) is 59.2 Å². The molecule has 1 amide bonds. The normalized spacial score (nSPS) is 23.1. The summed E-state index contributed by atoms with van der Waals surface area (Å²) in [5, 5.41) is 3.06. The van der Waals surface area contributed by atoms with E-state index in [1.54, 1.807) is 36.5 Å². The lowest BCUT2D eigenvalue weighted by Gasteiger charge is -2.38. The number of para-hydroxylation sites is 1. The number of benzene rings is 3. The number of hydrogen-bond acceptors (Lipinski definition) is 7. The van der Waals surface area contributed by atoms with Crippen LogP contribution in [0.1, 0.15) is 43.4 Å². The molecule has 3 aromatic carbocycles. The Kier molecular flexibility index (Phi) is 5.93. The summed E-state index contributed by atoms with van der Waals surface area (Å²) in [4.78, 5) is 50.0. The second-order valence-corrected chi connectivity index (χ2v) is 10.6. The van der Waals surface area contributed by atoms with Crippen molar-refractivity contribution in [1.82, 2.24) is 9.88 Å². The minimum atomic E-state index is -1.40. The average Bonchev–Trinajstić information content (AvgIpc) is 3.52. The number of hydrogen-bond donors (Lipinski definition) is 1. The zero-order chi connectivity index (χ0) is 29.0. The first kappa shape index (κ1) is 25.7. The first-order valence-corrected chi connectivity index (χ1v) is 13.7. The predicted octanol–water partition coefficient (Wildman–Crippen LogP) is 5.08. The van der Waals surface area contributed by atoms with Crippen molar-refractivity contribution in [1.29, 1.82) is 0 Å². The Hall–Kier alpha value is -5.24. The molecule has 0 unspecified atom stereocenters. The van der Waals surface area contributed by atoms with E-state index in [4.69, 9.17) is 9.47 Å². The first-order valence-electron chi connectivity index (χ1n) is 13.7. The van der Waals surface area contributed by atoms with Gasteiger partial charge in [-0.3, -0.25) is 19.4 Å². The molecule has 3 aliphatic rings. The minimum Gasteiger partial charge on any atom is -0.493 e. The van der Waals surface area contributed by atoms with Crippen LogP contribution in [-0.4, -0.2) is 47.6 Å². The Morgan fingerprint density at radius 2 is 1.67 bits per heavy atom. The van der Waals surface area contributed by atoms with Crippen molar-refractivity contribution < 1.29 is 23.9 Å². The Bertz CT molecular complexity index is 1790. The van der Waals surface area contributed by atoms with Crippen LogP contribution in [0.15, 0.2) is 97.5 Å². The van der Waals surface area contributed by atoms with E-state index in [9.17, 15) is 14.4 Å². The van der Waals surface area contributed by atoms with Crippen LogP contribution in [0, 0.1) is 5.92 Å². The summed E-state index contributed by atoms with van der Waals surface area (Å²) in [5.41, 5.74) is 2.41. The lowest BCUT2D eigenvalue weighted by atomic mass is 9.62. The van der Waals surface area contributed by atoms with E-state index in [1.807, 2.05) is 65.7 Å². The van der Waals surface area contributed by atoms with Crippen molar-refractivity contribution in [3.05, 3.63) is 125 Å². The van der Waals surface area contributed by atoms with Crippen molar-refractivity contribution >= 4 is 29.2 Å². The number of carbonyl (C=O) groups excluding carboxylic acids is 3. The second-order valence-electron chi connectivity index (χ2n) is 10.6. The number of anilines is 1. The molecule has 4 aromatic rings. The van der Waals surface area contributed by atoms with E-state index in [1.165, 1.54) is 20.4 Å². The van der Waals surface area contributed by atoms with E-state index in [2.05, 4.69) is 10.3 Å². The molecule has 4 heterocycles. The highest BCUT2D eigenvalue weighted by Crippen LogP contribution is 2.62. The number of rotatable bonds is 6. The number of ether oxygens (including phenoxy) is 2. The molecule has 0 radical (unpaired) electrons. The number of carbonyl (C=O) groups is 3. The summed E-state index contributed by atoms with van der Waals surface area (Å²) < 4.78 is 10.9. The van der Waals surface area contributed by atoms with Crippen molar-refractivity contribution in [2.75, 3.05) is 19.5 Å². The predicted molar refractivity (Wildman–Crippen MR) is 157 cm³/mol. The molecule has 1 aromatic heterocycles. The molecule has 8 nitrogen and oxygen atoms in total. The van der Waals surface area contributed by atoms with E-state index >= 15 is 0 Å². The van der Waals surface area contributed by atoms with Crippen molar-refractivity contribution in [3.63, 3.8) is 0 Å². The van der Waals surface area contributed by atoms with Gasteiger partial charge in [-0.15, -0.1) is 0 Å². The topological polar surface area (TPSA) is 97.8 Å². The number of amides is 1. The smallest absolute Gasteiger partial charge is 0.238 e. The van der Waals surface area contributed by atoms with Gasteiger partial charge in [-0.25, -0.2) is 0 Å². The molecule has 1 saturated heterocycles. The van der Waals surface area contributed by atoms with Gasteiger partial charge >= 0.3 is 0 Å². The van der Waals surface area contributed by atoms with Gasteiger partial charge in [0.1, 0.15) is 11.5 Å². The molecule has 208 valence electrons. The fraction of sp³-hybridized carbons (Fsp3) is 0.176. The fourth-order valence-electron chi connectivity index (χ4n) is 7.02. The number of Topliss-reactive ketones (excluding diaryl/α,β-unsaturated/α-hetero) is 2. The van der Waals surface area contributed by atoms with Crippen LogP contribution < -0.4 is 14.8 Å². The van der Waals surface area contributed by atoms with Crippen LogP contribution in [0.3, 0.4) is 0 Å². The SMILES string of the molecule is COc1ccc(C(=O)[C@@H]2[C@H](C(=O)c3cccnc3)[C@@]3(C(=O)Nc4ccccc43)[C@H]3c4ccccc4C=CN23)cc1OC. The van der Waals surface area contributed by atoms with Gasteiger partial charge in [0.2, 0.25) is 5.91 Å². The number of pyridine rings is 1. The van der Waals surface area contributed by atoms with Crippen molar-refractivity contribution in [2.24, 2.45) is 5.92 Å². The zero-order valence-corrected chi connectivity index (χ0v) is 23.0. The number of ketones is 2. The Labute approximate surface area is 242 Å². The molecule has 1 spiro atoms. The van der Waals surface area contributed by atoms with Crippen LogP contribution in [-0.2, 0) is 10.2 Å². The molecule has 0 aliphatic carbocycles. The summed E-state index contributed by atoms with van der Waals surface area (Å²) in [7, 11) is 3.03. The van der Waals surface area contributed by atoms with Gasteiger partial charge in [0.15, 0.2) is 23.1 Å². The molecular weight excluding hydrogens is 530 g/mol. The molecule has 7 rings (SSSR count). The molecule has 8 heteroatoms. The maximum absolute atomic E-state index is 14.7. The van der Waals surface area contributed by atoms with E-state index < -0.39 is 23.4 Å². The van der Waals surface area contributed by atoms with Crippen molar-refractivity contribution in [3.8, 4) is 11.5 Å². The highest BCUT2D eigenvalue weighted by atomic mass is 16.5. The van der Waals surface area contributed by atoms with Crippen LogP contribution in [0.5, 0.6) is 11.5 Å². The fourth-order valence-corrected chi connectivity index (χ4v) is 7.02. The quantitative estimate of drug-likeness (QED) is 0.330. The monoisotopic (exact) mass is 557 g/mol. The Morgan fingerprint density at radius 3 is 2.45 bits per heavy atom. The zero-order valence-electron chi connectivity index (χ0n) is 23.0. The third-order valence-electron chi connectivity index (χ3n) is 8.74. The third-order valence-corrected chi connectivity index (χ3v) is 8.74. The van der Waals surface area contributed by atoms with Gasteiger partial charge in [0, 0.05) is 35.4 Å².